The Morgan fingerprint density at radius 2 is 1.96 bits per heavy atom. The number of nitrogens with one attached hydrogen (secondary N) is 1. The molecule has 0 aliphatic carbocycles. The standard InChI is InChI=1S/C15H13F4N5O2/c16-10-3-1-2-9(6-10)13(26)20-7-12(25)23-4-5-24-11(8-23)21-22-14(24)15(17,18)19/h1-3,6H,4-5,7-8H2,(H,20,26). The normalized spacial score (nSPS) is 14.1. The van der Waals surface area contributed by atoms with E-state index in [0.29, 0.717) is 0 Å². The molecule has 1 aromatic heterocycles. The third-order valence-electron chi connectivity index (χ3n) is 3.85. The zero-order valence-electron chi connectivity index (χ0n) is 13.3. The minimum Gasteiger partial charge on any atom is -0.343 e. The molecule has 1 N–H and O–H groups in total. The van der Waals surface area contributed by atoms with E-state index in [9.17, 15) is 27.2 Å². The summed E-state index contributed by atoms with van der Waals surface area (Å²) >= 11 is 0. The van der Waals surface area contributed by atoms with Crippen LogP contribution in [0, 0.1) is 5.82 Å². The second-order valence-electron chi connectivity index (χ2n) is 5.60. The summed E-state index contributed by atoms with van der Waals surface area (Å²) in [4.78, 5) is 25.3. The van der Waals surface area contributed by atoms with Crippen molar-refractivity contribution >= 4 is 11.8 Å². The molecule has 7 nitrogen and oxygen atoms in total. The van der Waals surface area contributed by atoms with E-state index in [1.807, 2.05) is 0 Å². The van der Waals surface area contributed by atoms with Gasteiger partial charge in [0, 0.05) is 18.7 Å². The largest absolute Gasteiger partial charge is 0.451 e. The van der Waals surface area contributed by atoms with E-state index in [4.69, 9.17) is 0 Å². The fourth-order valence-corrected chi connectivity index (χ4v) is 2.58. The van der Waals surface area contributed by atoms with Crippen LogP contribution in [0.25, 0.3) is 0 Å². The number of nitrogens with zero attached hydrogens (tertiary/aromatic N) is 4. The van der Waals surface area contributed by atoms with Crippen LogP contribution in [0.3, 0.4) is 0 Å². The molecule has 1 aliphatic rings. The summed E-state index contributed by atoms with van der Waals surface area (Å²) in [7, 11) is 0. The summed E-state index contributed by atoms with van der Waals surface area (Å²) in [6, 6.07) is 4.97. The Morgan fingerprint density at radius 1 is 1.19 bits per heavy atom. The van der Waals surface area contributed by atoms with Gasteiger partial charge in [0.1, 0.15) is 5.82 Å². The molecule has 11 heteroatoms. The number of carbonyl (C=O) groups is 2. The first-order valence-electron chi connectivity index (χ1n) is 7.56. The van der Waals surface area contributed by atoms with Crippen molar-refractivity contribution in [1.82, 2.24) is 25.0 Å². The molecule has 0 radical (unpaired) electrons. The lowest BCUT2D eigenvalue weighted by molar-refractivity contribution is -0.148. The van der Waals surface area contributed by atoms with Gasteiger partial charge >= 0.3 is 6.18 Å². The number of fused-ring (bicyclic) bond motifs is 1. The van der Waals surface area contributed by atoms with Crippen LogP contribution >= 0.6 is 0 Å². The third-order valence-corrected chi connectivity index (χ3v) is 3.85. The molecule has 26 heavy (non-hydrogen) atoms. The molecule has 1 aromatic carbocycles. The van der Waals surface area contributed by atoms with Crippen molar-refractivity contribution in [1.29, 1.82) is 0 Å². The lowest BCUT2D eigenvalue weighted by Crippen LogP contribution is -2.44. The lowest BCUT2D eigenvalue weighted by Gasteiger charge is -2.28. The van der Waals surface area contributed by atoms with Gasteiger partial charge in [0.2, 0.25) is 11.7 Å². The zero-order chi connectivity index (χ0) is 18.9. The maximum atomic E-state index is 13.1. The van der Waals surface area contributed by atoms with Crippen molar-refractivity contribution in [2.24, 2.45) is 0 Å². The van der Waals surface area contributed by atoms with Crippen LogP contribution in [-0.2, 0) is 24.1 Å². The van der Waals surface area contributed by atoms with Crippen LogP contribution in [0.15, 0.2) is 24.3 Å². The van der Waals surface area contributed by atoms with Crippen LogP contribution in [0.2, 0.25) is 0 Å². The maximum Gasteiger partial charge on any atom is 0.451 e. The van der Waals surface area contributed by atoms with Crippen molar-refractivity contribution in [2.45, 2.75) is 19.3 Å². The average molecular weight is 371 g/mol. The first-order chi connectivity index (χ1) is 12.3. The Morgan fingerprint density at radius 3 is 2.65 bits per heavy atom. The Balaban J connectivity index is 1.60. The summed E-state index contributed by atoms with van der Waals surface area (Å²) in [5.41, 5.74) is 0.0611. The molecule has 1 aliphatic heterocycles. The van der Waals surface area contributed by atoms with Gasteiger partial charge in [-0.05, 0) is 18.2 Å². The Labute approximate surface area is 144 Å². The van der Waals surface area contributed by atoms with E-state index in [1.54, 1.807) is 0 Å². The van der Waals surface area contributed by atoms with Crippen LogP contribution < -0.4 is 5.32 Å². The molecule has 2 aromatic rings. The van der Waals surface area contributed by atoms with Crippen molar-refractivity contribution in [3.05, 3.63) is 47.3 Å². The number of benzene rings is 1. The number of alkyl halides is 3. The highest BCUT2D eigenvalue weighted by Gasteiger charge is 2.39. The molecule has 0 spiro atoms. The van der Waals surface area contributed by atoms with E-state index < -0.39 is 29.6 Å². The summed E-state index contributed by atoms with van der Waals surface area (Å²) < 4.78 is 52.4. The second-order valence-corrected chi connectivity index (χ2v) is 5.60. The molecule has 3 rings (SSSR count). The molecule has 0 saturated carbocycles. The fraction of sp³-hybridized carbons (Fsp3) is 0.333. The summed E-state index contributed by atoms with van der Waals surface area (Å²) in [6.45, 7) is -0.573. The molecule has 0 fully saturated rings. The van der Waals surface area contributed by atoms with Gasteiger partial charge in [-0.2, -0.15) is 13.2 Å². The van der Waals surface area contributed by atoms with E-state index in [0.717, 1.165) is 10.6 Å². The van der Waals surface area contributed by atoms with Gasteiger partial charge < -0.3 is 14.8 Å². The van der Waals surface area contributed by atoms with Gasteiger partial charge in [-0.15, -0.1) is 10.2 Å². The van der Waals surface area contributed by atoms with E-state index in [2.05, 4.69) is 15.5 Å². The minimum absolute atomic E-state index is 0.0216. The highest BCUT2D eigenvalue weighted by molar-refractivity contribution is 5.96. The number of amides is 2. The second kappa shape index (κ2) is 6.73. The molecule has 138 valence electrons. The Hall–Kier alpha value is -2.98. The monoisotopic (exact) mass is 371 g/mol. The van der Waals surface area contributed by atoms with Crippen LogP contribution in [0.5, 0.6) is 0 Å². The highest BCUT2D eigenvalue weighted by Crippen LogP contribution is 2.29. The average Bonchev–Trinajstić information content (AvgIpc) is 3.02. The molecule has 0 unspecified atom stereocenters. The maximum absolute atomic E-state index is 13.1. The minimum atomic E-state index is -4.61. The van der Waals surface area contributed by atoms with Crippen molar-refractivity contribution in [2.75, 3.05) is 13.1 Å². The number of halogens is 4. The van der Waals surface area contributed by atoms with E-state index in [1.165, 1.54) is 23.1 Å². The first kappa shape index (κ1) is 17.8. The summed E-state index contributed by atoms with van der Waals surface area (Å²) in [5, 5.41) is 8.97. The predicted molar refractivity (Wildman–Crippen MR) is 79.2 cm³/mol. The van der Waals surface area contributed by atoms with Gasteiger partial charge in [0.15, 0.2) is 5.82 Å². The van der Waals surface area contributed by atoms with Crippen LogP contribution in [0.4, 0.5) is 17.6 Å². The Kier molecular flexibility index (Phi) is 4.62. The molecular formula is C15H13F4N5O2. The van der Waals surface area contributed by atoms with Crippen molar-refractivity contribution in [3.63, 3.8) is 0 Å². The highest BCUT2D eigenvalue weighted by atomic mass is 19.4. The number of rotatable bonds is 3. The summed E-state index contributed by atoms with van der Waals surface area (Å²) in [6.07, 6.45) is -4.61. The molecule has 2 amide bonds. The summed E-state index contributed by atoms with van der Waals surface area (Å²) in [5.74, 6) is -2.78. The molecular weight excluding hydrogens is 358 g/mol. The predicted octanol–water partition coefficient (Wildman–Crippen LogP) is 1.21. The molecule has 0 atom stereocenters. The van der Waals surface area contributed by atoms with Crippen molar-refractivity contribution < 1.29 is 27.2 Å². The van der Waals surface area contributed by atoms with Crippen molar-refractivity contribution in [3.8, 4) is 0 Å². The quantitative estimate of drug-likeness (QED) is 0.823. The molecule has 0 bridgehead atoms. The van der Waals surface area contributed by atoms with Crippen LogP contribution in [0.1, 0.15) is 22.0 Å². The number of aromatic nitrogens is 3. The number of hydrogen-bond acceptors (Lipinski definition) is 4. The lowest BCUT2D eigenvalue weighted by atomic mass is 10.2. The van der Waals surface area contributed by atoms with Gasteiger partial charge in [-0.25, -0.2) is 4.39 Å². The van der Waals surface area contributed by atoms with Crippen LogP contribution in [-0.4, -0.2) is 44.6 Å². The first-order valence-corrected chi connectivity index (χ1v) is 7.56. The smallest absolute Gasteiger partial charge is 0.343 e. The van der Waals surface area contributed by atoms with Gasteiger partial charge in [-0.3, -0.25) is 9.59 Å². The number of carbonyl (C=O) groups excluding carboxylic acids is 2. The van der Waals surface area contributed by atoms with E-state index in [-0.39, 0.29) is 37.6 Å². The molecule has 2 heterocycles. The number of hydrogen-bond donors (Lipinski definition) is 1. The Bertz CT molecular complexity index is 849. The topological polar surface area (TPSA) is 80.1 Å². The zero-order valence-corrected chi connectivity index (χ0v) is 13.3. The third kappa shape index (κ3) is 3.65. The fourth-order valence-electron chi connectivity index (χ4n) is 2.58. The van der Waals surface area contributed by atoms with Gasteiger partial charge in [0.25, 0.3) is 5.91 Å². The van der Waals surface area contributed by atoms with Gasteiger partial charge in [0.05, 0.1) is 13.1 Å². The SMILES string of the molecule is O=C(NCC(=O)N1CCn2c(nnc2C(F)(F)F)C1)c1cccc(F)c1. The molecule has 0 saturated heterocycles. The van der Waals surface area contributed by atoms with E-state index >= 15 is 0 Å². The van der Waals surface area contributed by atoms with Gasteiger partial charge in [-0.1, -0.05) is 6.07 Å².